The second-order valence-corrected chi connectivity index (χ2v) is 6.94. The van der Waals surface area contributed by atoms with Crippen molar-refractivity contribution in [1.82, 2.24) is 0 Å². The van der Waals surface area contributed by atoms with E-state index in [2.05, 4.69) is 38.1 Å². The largest absolute Gasteiger partial charge is 0.326 e. The summed E-state index contributed by atoms with van der Waals surface area (Å²) >= 11 is 0. The van der Waals surface area contributed by atoms with Crippen molar-refractivity contribution in [3.05, 3.63) is 35.4 Å². The molecule has 6 heteroatoms. The number of halogens is 1. The molecule has 21 heavy (non-hydrogen) atoms. The molecular formula is C15H22ClNO4. The van der Waals surface area contributed by atoms with Gasteiger partial charge in [-0.1, -0.05) is 31.2 Å². The number of fused-ring (bicyclic) bond motifs is 3. The van der Waals surface area contributed by atoms with Crippen LogP contribution in [0.5, 0.6) is 0 Å². The smallest absolute Gasteiger partial charge is 0.114 e. The fourth-order valence-corrected chi connectivity index (χ4v) is 3.88. The molecule has 0 amide bonds. The van der Waals surface area contributed by atoms with Crippen molar-refractivity contribution in [2.24, 2.45) is 5.92 Å². The maximum atomic E-state index is 8.49. The molecule has 2 aliphatic rings. The summed E-state index contributed by atoms with van der Waals surface area (Å²) in [5.41, 5.74) is 3.25. The van der Waals surface area contributed by atoms with Gasteiger partial charge in [-0.2, -0.15) is 0 Å². The summed E-state index contributed by atoms with van der Waals surface area (Å²) in [7, 11) is -4.94. The van der Waals surface area contributed by atoms with E-state index < -0.39 is 10.2 Å². The zero-order chi connectivity index (χ0) is 15.6. The molecule has 4 atom stereocenters. The molecule has 5 nitrogen and oxygen atoms in total. The van der Waals surface area contributed by atoms with Crippen molar-refractivity contribution in [2.75, 3.05) is 6.54 Å². The van der Waals surface area contributed by atoms with E-state index in [9.17, 15) is 0 Å². The zero-order valence-electron chi connectivity index (χ0n) is 12.4. The summed E-state index contributed by atoms with van der Waals surface area (Å²) < 4.78 is 34.0. The van der Waals surface area contributed by atoms with E-state index in [-0.39, 0.29) is 0 Å². The highest BCUT2D eigenvalue weighted by atomic mass is 35.7. The van der Waals surface area contributed by atoms with Crippen LogP contribution in [0.1, 0.15) is 43.9 Å². The Morgan fingerprint density at radius 2 is 1.67 bits per heavy atom. The highest BCUT2D eigenvalue weighted by Crippen LogP contribution is 2.30. The van der Waals surface area contributed by atoms with Crippen LogP contribution in [-0.4, -0.2) is 12.6 Å². The van der Waals surface area contributed by atoms with Gasteiger partial charge in [0.25, 0.3) is 0 Å². The maximum absolute atomic E-state index is 8.49. The van der Waals surface area contributed by atoms with E-state index >= 15 is 0 Å². The second kappa shape index (κ2) is 6.60. The molecule has 1 N–H and O–H groups in total. The van der Waals surface area contributed by atoms with Gasteiger partial charge in [0.05, 0.1) is 12.6 Å². The third-order valence-corrected chi connectivity index (χ3v) is 4.59. The Kier molecular flexibility index (Phi) is 5.24. The van der Waals surface area contributed by atoms with E-state index in [1.807, 2.05) is 4.90 Å². The molecule has 118 valence electrons. The average molecular weight is 316 g/mol. The third-order valence-electron chi connectivity index (χ3n) is 4.59. The summed E-state index contributed by atoms with van der Waals surface area (Å²) in [5.74, 6) is 0.898. The summed E-state index contributed by atoms with van der Waals surface area (Å²) in [6.07, 6.45) is 4.07. The first-order valence-electron chi connectivity index (χ1n) is 7.31. The number of hydrogen-bond acceptors (Lipinski definition) is 4. The van der Waals surface area contributed by atoms with Gasteiger partial charge in [0, 0.05) is 24.8 Å². The van der Waals surface area contributed by atoms with Gasteiger partial charge in [0.2, 0.25) is 0 Å². The quantitative estimate of drug-likeness (QED) is 0.560. The minimum atomic E-state index is -4.94. The fraction of sp³-hybridized carbons (Fsp3) is 0.600. The van der Waals surface area contributed by atoms with Gasteiger partial charge in [-0.05, 0) is 18.4 Å². The Bertz CT molecular complexity index is 471. The van der Waals surface area contributed by atoms with Crippen molar-refractivity contribution in [3.63, 3.8) is 0 Å². The first-order valence-corrected chi connectivity index (χ1v) is 8.54. The van der Waals surface area contributed by atoms with Gasteiger partial charge >= 0.3 is 0 Å². The van der Waals surface area contributed by atoms with Gasteiger partial charge in [-0.15, -0.1) is 10.2 Å². The Morgan fingerprint density at radius 1 is 1.05 bits per heavy atom. The molecule has 1 aromatic rings. The van der Waals surface area contributed by atoms with Crippen LogP contribution < -0.4 is 23.5 Å². The fourth-order valence-electron chi connectivity index (χ4n) is 3.88. The molecule has 0 radical (unpaired) electrons. The standard InChI is InChI=1S/C15H21N.ClHO4/c1-11-9-12(2)16-8-7-13-5-3-4-6-14(13)15(16)10-11;2-1(3,4)5/h3-6,11-12,15H,7-10H2,1-2H3;(H,2,3,4,5). The van der Waals surface area contributed by atoms with E-state index in [1.165, 1.54) is 25.8 Å². The van der Waals surface area contributed by atoms with Crippen LogP contribution in [0, 0.1) is 16.2 Å². The predicted octanol–water partition coefficient (Wildman–Crippen LogP) is -2.77. The molecule has 1 aromatic carbocycles. The van der Waals surface area contributed by atoms with Crippen LogP contribution in [0.25, 0.3) is 0 Å². The van der Waals surface area contributed by atoms with E-state index in [0.717, 1.165) is 18.0 Å². The van der Waals surface area contributed by atoms with Gasteiger partial charge in [0.1, 0.15) is 6.04 Å². The van der Waals surface area contributed by atoms with Crippen molar-refractivity contribution in [1.29, 1.82) is 0 Å². The summed E-state index contributed by atoms with van der Waals surface area (Å²) in [6.45, 7) is 6.20. The minimum absolute atomic E-state index is 0.781. The molecule has 2 aliphatic heterocycles. The number of piperidine rings is 1. The van der Waals surface area contributed by atoms with E-state index in [0.29, 0.717) is 0 Å². The summed E-state index contributed by atoms with van der Waals surface area (Å²) in [6, 6.07) is 10.7. The Hall–Kier alpha value is -0.690. The lowest BCUT2D eigenvalue weighted by Gasteiger charge is -2.43. The Labute approximate surface area is 127 Å². The molecule has 3 rings (SSSR count). The highest BCUT2D eigenvalue weighted by molar-refractivity contribution is 5.30. The van der Waals surface area contributed by atoms with Crippen LogP contribution in [0.4, 0.5) is 0 Å². The summed E-state index contributed by atoms with van der Waals surface area (Å²) in [4.78, 5) is 1.84. The molecule has 0 aromatic heterocycles. The van der Waals surface area contributed by atoms with Gasteiger partial charge < -0.3 is 4.90 Å². The molecule has 1 saturated heterocycles. The second-order valence-electron chi connectivity index (χ2n) is 6.18. The van der Waals surface area contributed by atoms with Crippen molar-refractivity contribution in [3.8, 4) is 0 Å². The first kappa shape index (κ1) is 16.7. The number of rotatable bonds is 0. The monoisotopic (exact) mass is 315 g/mol. The molecule has 1 fully saturated rings. The van der Waals surface area contributed by atoms with Crippen LogP contribution in [0.2, 0.25) is 0 Å². The number of benzene rings is 1. The van der Waals surface area contributed by atoms with E-state index in [4.69, 9.17) is 18.6 Å². The van der Waals surface area contributed by atoms with Crippen LogP contribution in [0.15, 0.2) is 24.3 Å². The normalized spacial score (nSPS) is 31.5. The highest BCUT2D eigenvalue weighted by Gasteiger charge is 2.39. The number of hydrogen-bond donors (Lipinski definition) is 1. The van der Waals surface area contributed by atoms with Crippen molar-refractivity contribution >= 4 is 0 Å². The molecule has 0 bridgehead atoms. The van der Waals surface area contributed by atoms with Gasteiger partial charge in [0.15, 0.2) is 0 Å². The van der Waals surface area contributed by atoms with Crippen molar-refractivity contribution in [2.45, 2.75) is 45.2 Å². The SMILES string of the molecule is CC1CC(C)[NH+]2CCc3ccccc3C2C1.[O-][Cl+3]([O-])([O-])[O-]. The minimum Gasteiger partial charge on any atom is -0.326 e. The lowest BCUT2D eigenvalue weighted by atomic mass is 9.80. The van der Waals surface area contributed by atoms with Crippen LogP contribution >= 0.6 is 0 Å². The molecule has 2 heterocycles. The topological polar surface area (TPSA) is 96.7 Å². The van der Waals surface area contributed by atoms with Crippen LogP contribution in [-0.2, 0) is 6.42 Å². The average Bonchev–Trinajstić information content (AvgIpc) is 2.36. The zero-order valence-corrected chi connectivity index (χ0v) is 13.1. The molecule has 0 aliphatic carbocycles. The van der Waals surface area contributed by atoms with E-state index in [1.54, 1.807) is 11.1 Å². The van der Waals surface area contributed by atoms with Crippen LogP contribution in [0.3, 0.4) is 0 Å². The van der Waals surface area contributed by atoms with Gasteiger partial charge in [-0.25, -0.2) is 18.6 Å². The predicted molar refractivity (Wildman–Crippen MR) is 66.6 cm³/mol. The third kappa shape index (κ3) is 4.64. The maximum Gasteiger partial charge on any atom is 0.114 e. The lowest BCUT2D eigenvalue weighted by molar-refractivity contribution is -2.00. The lowest BCUT2D eigenvalue weighted by Crippen LogP contribution is -3.17. The first-order chi connectivity index (χ1) is 9.75. The number of nitrogens with one attached hydrogen (secondary N) is 1. The molecular weight excluding hydrogens is 294 g/mol. The van der Waals surface area contributed by atoms with Gasteiger partial charge in [-0.3, -0.25) is 0 Å². The summed E-state index contributed by atoms with van der Waals surface area (Å²) in [5, 5.41) is 0. The molecule has 4 unspecified atom stereocenters. The van der Waals surface area contributed by atoms with Crippen molar-refractivity contribution < 1.29 is 33.8 Å². The molecule has 0 saturated carbocycles. The Morgan fingerprint density at radius 3 is 2.33 bits per heavy atom. The molecule has 0 spiro atoms. The number of quaternary nitrogens is 1. The Balaban J connectivity index is 0.000000282.